The van der Waals surface area contributed by atoms with Crippen LogP contribution in [0.25, 0.3) is 0 Å². The van der Waals surface area contributed by atoms with Gasteiger partial charge in [0.15, 0.2) is 5.69 Å². The lowest BCUT2D eigenvalue weighted by Gasteiger charge is -2.01. The van der Waals surface area contributed by atoms with Crippen LogP contribution in [0.5, 0.6) is 0 Å². The van der Waals surface area contributed by atoms with Crippen molar-refractivity contribution in [3.8, 4) is 0 Å². The van der Waals surface area contributed by atoms with Crippen molar-refractivity contribution in [2.75, 3.05) is 0 Å². The van der Waals surface area contributed by atoms with E-state index in [1.165, 1.54) is 12.5 Å². The minimum Gasteiger partial charge on any atom is -0.476 e. The summed E-state index contributed by atoms with van der Waals surface area (Å²) >= 11 is 0. The van der Waals surface area contributed by atoms with Crippen LogP contribution >= 0.6 is 0 Å². The first kappa shape index (κ1) is 9.45. The molecule has 0 saturated carbocycles. The van der Waals surface area contributed by atoms with Crippen LogP contribution in [-0.4, -0.2) is 30.4 Å². The van der Waals surface area contributed by atoms with Gasteiger partial charge in [0.2, 0.25) is 0 Å². The fourth-order valence-electron chi connectivity index (χ4n) is 1.30. The number of aromatic nitrogens is 4. The van der Waals surface area contributed by atoms with Gasteiger partial charge in [0, 0.05) is 19.4 Å². The highest BCUT2D eigenvalue weighted by molar-refractivity contribution is 5.84. The summed E-state index contributed by atoms with van der Waals surface area (Å²) in [4.78, 5) is 14.3. The lowest BCUT2D eigenvalue weighted by atomic mass is 10.4. The summed E-state index contributed by atoms with van der Waals surface area (Å²) in [6.07, 6.45) is 4.69. The fraction of sp³-hybridized carbons (Fsp3) is 0.222. The lowest BCUT2D eigenvalue weighted by Crippen LogP contribution is -2.04. The molecule has 0 aliphatic rings. The number of carboxylic acids is 1. The number of hydrogen-bond donors (Lipinski definition) is 1. The maximum Gasteiger partial charge on any atom is 0.356 e. The molecule has 0 unspecified atom stereocenters. The van der Waals surface area contributed by atoms with E-state index in [4.69, 9.17) is 5.11 Å². The third-order valence-electron chi connectivity index (χ3n) is 2.12. The molecule has 0 amide bonds. The molecule has 6 nitrogen and oxygen atoms in total. The molecule has 0 aliphatic heterocycles. The highest BCUT2D eigenvalue weighted by Gasteiger charge is 2.07. The number of aryl methyl sites for hydroxylation is 1. The predicted octanol–water partition coefficient (Wildman–Crippen LogP) is 0.363. The van der Waals surface area contributed by atoms with Crippen LogP contribution < -0.4 is 0 Å². The Morgan fingerprint density at radius 1 is 1.60 bits per heavy atom. The smallest absolute Gasteiger partial charge is 0.356 e. The van der Waals surface area contributed by atoms with Crippen LogP contribution in [0.15, 0.2) is 24.8 Å². The van der Waals surface area contributed by atoms with E-state index in [9.17, 15) is 4.79 Å². The summed E-state index contributed by atoms with van der Waals surface area (Å²) in [5.74, 6) is -1.02. The maximum absolute atomic E-state index is 10.6. The van der Waals surface area contributed by atoms with Crippen molar-refractivity contribution in [1.82, 2.24) is 19.3 Å². The first-order chi connectivity index (χ1) is 7.16. The van der Waals surface area contributed by atoms with Gasteiger partial charge in [-0.1, -0.05) is 0 Å². The second-order valence-corrected chi connectivity index (χ2v) is 3.18. The van der Waals surface area contributed by atoms with Crippen molar-refractivity contribution in [1.29, 1.82) is 0 Å². The van der Waals surface area contributed by atoms with Crippen molar-refractivity contribution < 1.29 is 9.90 Å². The Labute approximate surface area is 85.8 Å². The van der Waals surface area contributed by atoms with Crippen LogP contribution in [0.1, 0.15) is 16.2 Å². The first-order valence-corrected chi connectivity index (χ1v) is 4.39. The molecule has 6 heteroatoms. The van der Waals surface area contributed by atoms with Crippen molar-refractivity contribution in [3.63, 3.8) is 0 Å². The van der Waals surface area contributed by atoms with Gasteiger partial charge in [-0.2, -0.15) is 5.10 Å². The van der Waals surface area contributed by atoms with E-state index in [1.807, 2.05) is 13.1 Å². The minimum absolute atomic E-state index is 0.0529. The second-order valence-electron chi connectivity index (χ2n) is 3.18. The van der Waals surface area contributed by atoms with Crippen LogP contribution in [0, 0.1) is 0 Å². The molecule has 2 aromatic heterocycles. The minimum atomic E-state index is -1.02. The Morgan fingerprint density at radius 3 is 2.93 bits per heavy atom. The molecule has 1 N–H and O–H groups in total. The molecule has 2 rings (SSSR count). The van der Waals surface area contributed by atoms with Crippen LogP contribution in [0.3, 0.4) is 0 Å². The van der Waals surface area contributed by atoms with Crippen LogP contribution in [-0.2, 0) is 13.6 Å². The van der Waals surface area contributed by atoms with Crippen molar-refractivity contribution in [3.05, 3.63) is 36.2 Å². The Hall–Kier alpha value is -2.11. The van der Waals surface area contributed by atoms with Crippen molar-refractivity contribution in [2.45, 2.75) is 6.54 Å². The average molecular weight is 206 g/mol. The van der Waals surface area contributed by atoms with E-state index in [1.54, 1.807) is 15.4 Å². The normalized spacial score (nSPS) is 10.5. The number of hydrogen-bond acceptors (Lipinski definition) is 3. The van der Waals surface area contributed by atoms with Gasteiger partial charge in [-0.15, -0.1) is 0 Å². The van der Waals surface area contributed by atoms with Crippen LogP contribution in [0.2, 0.25) is 0 Å². The van der Waals surface area contributed by atoms with Gasteiger partial charge in [0.05, 0.1) is 18.6 Å². The zero-order valence-electron chi connectivity index (χ0n) is 8.16. The van der Waals surface area contributed by atoms with Gasteiger partial charge in [0.1, 0.15) is 0 Å². The third-order valence-corrected chi connectivity index (χ3v) is 2.12. The summed E-state index contributed by atoms with van der Waals surface area (Å²) < 4.78 is 3.45. The molecule has 0 fully saturated rings. The molecule has 15 heavy (non-hydrogen) atoms. The second kappa shape index (κ2) is 3.56. The first-order valence-electron chi connectivity index (χ1n) is 4.39. The number of imidazole rings is 1. The Bertz CT molecular complexity index is 486. The zero-order valence-corrected chi connectivity index (χ0v) is 8.16. The summed E-state index contributed by atoms with van der Waals surface area (Å²) in [6, 6.07) is 1.88. The molecule has 0 radical (unpaired) electrons. The molecule has 0 saturated heterocycles. The highest BCUT2D eigenvalue weighted by Crippen LogP contribution is 2.02. The maximum atomic E-state index is 10.6. The topological polar surface area (TPSA) is 72.9 Å². The van der Waals surface area contributed by atoms with Gasteiger partial charge in [-0.3, -0.25) is 4.68 Å². The van der Waals surface area contributed by atoms with Gasteiger partial charge in [0.25, 0.3) is 0 Å². The van der Waals surface area contributed by atoms with E-state index < -0.39 is 5.97 Å². The van der Waals surface area contributed by atoms with E-state index in [2.05, 4.69) is 10.1 Å². The summed E-state index contributed by atoms with van der Waals surface area (Å²) in [6.45, 7) is 0.566. The number of carbonyl (C=O) groups is 1. The summed E-state index contributed by atoms with van der Waals surface area (Å²) in [5, 5.41) is 12.7. The molecule has 2 heterocycles. The highest BCUT2D eigenvalue weighted by atomic mass is 16.4. The number of carboxylic acid groups (broad SMARTS) is 1. The van der Waals surface area contributed by atoms with Crippen LogP contribution in [0.4, 0.5) is 0 Å². The number of rotatable bonds is 3. The molecule has 2 aromatic rings. The average Bonchev–Trinajstić information content (AvgIpc) is 2.77. The van der Waals surface area contributed by atoms with E-state index in [0.717, 1.165) is 5.69 Å². The Balaban J connectivity index is 2.18. The molecule has 0 aliphatic carbocycles. The van der Waals surface area contributed by atoms with Gasteiger partial charge < -0.3 is 9.67 Å². The Morgan fingerprint density at radius 2 is 2.40 bits per heavy atom. The molecule has 0 atom stereocenters. The quantitative estimate of drug-likeness (QED) is 0.787. The zero-order chi connectivity index (χ0) is 10.8. The molecule has 0 spiro atoms. The summed E-state index contributed by atoms with van der Waals surface area (Å²) in [7, 11) is 1.84. The van der Waals surface area contributed by atoms with E-state index in [-0.39, 0.29) is 5.69 Å². The monoisotopic (exact) mass is 206 g/mol. The van der Waals surface area contributed by atoms with Crippen molar-refractivity contribution in [2.24, 2.45) is 7.05 Å². The molecule has 0 aromatic carbocycles. The molecule has 78 valence electrons. The van der Waals surface area contributed by atoms with E-state index >= 15 is 0 Å². The SMILES string of the molecule is Cn1nccc1Cn1cnc(C(=O)O)c1. The third kappa shape index (κ3) is 1.88. The predicted molar refractivity (Wildman–Crippen MR) is 51.5 cm³/mol. The number of aromatic carboxylic acids is 1. The van der Waals surface area contributed by atoms with E-state index in [0.29, 0.717) is 6.54 Å². The Kier molecular flexibility index (Phi) is 2.24. The fourth-order valence-corrected chi connectivity index (χ4v) is 1.30. The molecular weight excluding hydrogens is 196 g/mol. The standard InChI is InChI=1S/C9H10N4O2/c1-12-7(2-3-11-12)4-13-5-8(9(14)15)10-6-13/h2-3,5-6H,4H2,1H3,(H,14,15). The molecule has 0 bridgehead atoms. The molecular formula is C9H10N4O2. The summed E-state index contributed by atoms with van der Waals surface area (Å²) in [5.41, 5.74) is 1.04. The van der Waals surface area contributed by atoms with Gasteiger partial charge in [-0.05, 0) is 6.07 Å². The lowest BCUT2D eigenvalue weighted by molar-refractivity contribution is 0.0691. The van der Waals surface area contributed by atoms with Gasteiger partial charge >= 0.3 is 5.97 Å². The van der Waals surface area contributed by atoms with Crippen molar-refractivity contribution >= 4 is 5.97 Å². The number of nitrogens with zero attached hydrogens (tertiary/aromatic N) is 4. The van der Waals surface area contributed by atoms with Gasteiger partial charge in [-0.25, -0.2) is 9.78 Å². The largest absolute Gasteiger partial charge is 0.476 e.